The third kappa shape index (κ3) is 2.77. The average molecular weight is 321 g/mol. The van der Waals surface area contributed by atoms with Gasteiger partial charge in [0.15, 0.2) is 0 Å². The summed E-state index contributed by atoms with van der Waals surface area (Å²) in [5, 5.41) is 9.42. The number of hydrogen-bond donors (Lipinski definition) is 2. The predicted octanol–water partition coefficient (Wildman–Crippen LogP) is 0.612. The third-order valence-corrected chi connectivity index (χ3v) is 5.71. The van der Waals surface area contributed by atoms with E-state index in [9.17, 15) is 13.5 Å². The Hall–Kier alpha value is -0.860. The highest BCUT2D eigenvalue weighted by Crippen LogP contribution is 2.30. The number of morpholine rings is 1. The van der Waals surface area contributed by atoms with Crippen LogP contribution < -0.4 is 5.73 Å². The van der Waals surface area contributed by atoms with Crippen LogP contribution in [0.3, 0.4) is 0 Å². The maximum atomic E-state index is 12.7. The topological polar surface area (TPSA) is 92.9 Å². The summed E-state index contributed by atoms with van der Waals surface area (Å²) in [4.78, 5) is -0.0392. The fraction of sp³-hybridized carbons (Fsp3) is 0.500. The summed E-state index contributed by atoms with van der Waals surface area (Å²) in [6.45, 7) is 2.07. The molecule has 20 heavy (non-hydrogen) atoms. The van der Waals surface area contributed by atoms with Crippen LogP contribution in [0.25, 0.3) is 0 Å². The van der Waals surface area contributed by atoms with E-state index in [0.717, 1.165) is 5.56 Å². The molecule has 3 N–H and O–H groups in total. The summed E-state index contributed by atoms with van der Waals surface area (Å²) in [5.41, 5.74) is 6.85. The summed E-state index contributed by atoms with van der Waals surface area (Å²) in [6, 6.07) is 2.28. The first kappa shape index (κ1) is 15.5. The van der Waals surface area contributed by atoms with Crippen LogP contribution in [0, 0.1) is 6.92 Å². The Morgan fingerprint density at radius 2 is 2.25 bits per heavy atom. The van der Waals surface area contributed by atoms with Gasteiger partial charge in [0.1, 0.15) is 4.90 Å². The number of anilines is 1. The number of benzene rings is 1. The highest BCUT2D eigenvalue weighted by atomic mass is 35.5. The van der Waals surface area contributed by atoms with Crippen molar-refractivity contribution in [3.05, 3.63) is 22.7 Å². The Morgan fingerprint density at radius 3 is 2.90 bits per heavy atom. The van der Waals surface area contributed by atoms with Gasteiger partial charge in [0.2, 0.25) is 10.0 Å². The van der Waals surface area contributed by atoms with E-state index in [-0.39, 0.29) is 36.3 Å². The van der Waals surface area contributed by atoms with E-state index in [4.69, 9.17) is 22.1 Å². The molecule has 0 aliphatic carbocycles. The Morgan fingerprint density at radius 1 is 1.55 bits per heavy atom. The molecule has 0 amide bonds. The standard InChI is InChI=1S/C12H17ClN2O4S/c1-8-4-10(13)12(5-11(8)14)20(17,18)15-2-3-19-7-9(15)6-16/h4-5,9,16H,2-3,6-7,14H2,1H3. The molecule has 1 aliphatic heterocycles. The molecule has 0 radical (unpaired) electrons. The molecule has 0 spiro atoms. The zero-order valence-corrected chi connectivity index (χ0v) is 12.6. The highest BCUT2D eigenvalue weighted by Gasteiger charge is 2.35. The zero-order chi connectivity index (χ0) is 14.9. The van der Waals surface area contributed by atoms with Crippen molar-refractivity contribution in [1.82, 2.24) is 4.31 Å². The lowest BCUT2D eigenvalue weighted by atomic mass is 10.2. The van der Waals surface area contributed by atoms with Crippen LogP contribution in [0.2, 0.25) is 5.02 Å². The normalized spacial score (nSPS) is 21.1. The lowest BCUT2D eigenvalue weighted by Gasteiger charge is -2.33. The van der Waals surface area contributed by atoms with Gasteiger partial charge in [-0.1, -0.05) is 11.6 Å². The fourth-order valence-electron chi connectivity index (χ4n) is 2.09. The first-order valence-corrected chi connectivity index (χ1v) is 7.95. The monoisotopic (exact) mass is 320 g/mol. The molecule has 1 aliphatic rings. The number of nitrogens with zero attached hydrogens (tertiary/aromatic N) is 1. The van der Waals surface area contributed by atoms with Gasteiger partial charge < -0.3 is 15.6 Å². The lowest BCUT2D eigenvalue weighted by molar-refractivity contribution is 0.0109. The van der Waals surface area contributed by atoms with E-state index < -0.39 is 16.1 Å². The molecule has 1 heterocycles. The van der Waals surface area contributed by atoms with E-state index in [1.165, 1.54) is 16.4 Å². The smallest absolute Gasteiger partial charge is 0.245 e. The molecule has 6 nitrogen and oxygen atoms in total. The number of nitrogens with two attached hydrogens (primary N) is 1. The second-order valence-corrected chi connectivity index (χ2v) is 6.93. The van der Waals surface area contributed by atoms with Crippen LogP contribution in [0.4, 0.5) is 5.69 Å². The van der Waals surface area contributed by atoms with Gasteiger partial charge in [-0.15, -0.1) is 0 Å². The molecule has 1 unspecified atom stereocenters. The Labute approximate surface area is 123 Å². The summed E-state index contributed by atoms with van der Waals surface area (Å²) < 4.78 is 31.7. The minimum Gasteiger partial charge on any atom is -0.398 e. The summed E-state index contributed by atoms with van der Waals surface area (Å²) in [5.74, 6) is 0. The quantitative estimate of drug-likeness (QED) is 0.796. The van der Waals surface area contributed by atoms with E-state index >= 15 is 0 Å². The summed E-state index contributed by atoms with van der Waals surface area (Å²) in [6.07, 6.45) is 0. The average Bonchev–Trinajstić information content (AvgIpc) is 2.42. The van der Waals surface area contributed by atoms with Gasteiger partial charge in [0, 0.05) is 12.2 Å². The van der Waals surface area contributed by atoms with E-state index in [1.54, 1.807) is 6.92 Å². The molecule has 1 aromatic rings. The van der Waals surface area contributed by atoms with Gasteiger partial charge in [0.05, 0.1) is 30.9 Å². The van der Waals surface area contributed by atoms with Crippen LogP contribution in [0.1, 0.15) is 5.56 Å². The van der Waals surface area contributed by atoms with Crippen LogP contribution in [0.5, 0.6) is 0 Å². The van der Waals surface area contributed by atoms with Crippen molar-refractivity contribution >= 4 is 27.3 Å². The van der Waals surface area contributed by atoms with Gasteiger partial charge in [-0.25, -0.2) is 8.42 Å². The van der Waals surface area contributed by atoms with Crippen molar-refractivity contribution in [2.24, 2.45) is 0 Å². The summed E-state index contributed by atoms with van der Waals surface area (Å²) >= 11 is 6.04. The molecule has 112 valence electrons. The Balaban J connectivity index is 2.46. The number of rotatable bonds is 3. The van der Waals surface area contributed by atoms with Crippen molar-refractivity contribution in [3.8, 4) is 0 Å². The van der Waals surface area contributed by atoms with Crippen LogP contribution in [-0.4, -0.2) is 50.2 Å². The number of nitrogen functional groups attached to an aromatic ring is 1. The van der Waals surface area contributed by atoms with Crippen LogP contribution in [0.15, 0.2) is 17.0 Å². The Kier molecular flexibility index (Phi) is 4.55. The lowest BCUT2D eigenvalue weighted by Crippen LogP contribution is -2.50. The third-order valence-electron chi connectivity index (χ3n) is 3.29. The van der Waals surface area contributed by atoms with E-state index in [0.29, 0.717) is 5.69 Å². The number of hydrogen-bond acceptors (Lipinski definition) is 5. The molecular formula is C12H17ClN2O4S. The second kappa shape index (κ2) is 5.87. The van der Waals surface area contributed by atoms with Gasteiger partial charge in [0.25, 0.3) is 0 Å². The van der Waals surface area contributed by atoms with Gasteiger partial charge in [-0.3, -0.25) is 0 Å². The van der Waals surface area contributed by atoms with Gasteiger partial charge >= 0.3 is 0 Å². The number of aliphatic hydroxyl groups excluding tert-OH is 1. The SMILES string of the molecule is Cc1cc(Cl)c(S(=O)(=O)N2CCOCC2CO)cc1N. The minimum atomic E-state index is -3.81. The largest absolute Gasteiger partial charge is 0.398 e. The number of aryl methyl sites for hydroxylation is 1. The second-order valence-electron chi connectivity index (χ2n) is 4.67. The maximum Gasteiger partial charge on any atom is 0.245 e. The van der Waals surface area contributed by atoms with Crippen molar-refractivity contribution < 1.29 is 18.3 Å². The molecule has 1 atom stereocenters. The minimum absolute atomic E-state index is 0.0392. The van der Waals surface area contributed by atoms with Crippen molar-refractivity contribution in [3.63, 3.8) is 0 Å². The molecule has 0 saturated carbocycles. The predicted molar refractivity (Wildman–Crippen MR) is 76.2 cm³/mol. The summed E-state index contributed by atoms with van der Waals surface area (Å²) in [7, 11) is -3.81. The molecule has 1 saturated heterocycles. The number of sulfonamides is 1. The Bertz CT molecular complexity index is 606. The maximum absolute atomic E-state index is 12.7. The molecule has 1 aromatic carbocycles. The molecule has 8 heteroatoms. The van der Waals surface area contributed by atoms with Crippen molar-refractivity contribution in [2.45, 2.75) is 17.9 Å². The van der Waals surface area contributed by atoms with Gasteiger partial charge in [-0.2, -0.15) is 4.31 Å². The molecular weight excluding hydrogens is 304 g/mol. The highest BCUT2D eigenvalue weighted by molar-refractivity contribution is 7.89. The molecule has 0 aromatic heterocycles. The molecule has 0 bridgehead atoms. The first-order valence-electron chi connectivity index (χ1n) is 6.14. The van der Waals surface area contributed by atoms with Crippen molar-refractivity contribution in [2.75, 3.05) is 32.1 Å². The zero-order valence-electron chi connectivity index (χ0n) is 11.0. The first-order chi connectivity index (χ1) is 9.37. The van der Waals surface area contributed by atoms with Gasteiger partial charge in [-0.05, 0) is 24.6 Å². The molecule has 1 fully saturated rings. The van der Waals surface area contributed by atoms with Crippen molar-refractivity contribution in [1.29, 1.82) is 0 Å². The number of ether oxygens (including phenoxy) is 1. The number of aliphatic hydroxyl groups is 1. The fourth-order valence-corrected chi connectivity index (χ4v) is 4.27. The number of halogens is 1. The molecule has 2 rings (SSSR count). The van der Waals surface area contributed by atoms with Crippen LogP contribution >= 0.6 is 11.6 Å². The van der Waals surface area contributed by atoms with Crippen LogP contribution in [-0.2, 0) is 14.8 Å². The van der Waals surface area contributed by atoms with E-state index in [2.05, 4.69) is 0 Å². The van der Waals surface area contributed by atoms with E-state index in [1.807, 2.05) is 0 Å².